The van der Waals surface area contributed by atoms with Crippen LogP contribution in [0.25, 0.3) is 138 Å². The van der Waals surface area contributed by atoms with E-state index in [2.05, 4.69) is 226 Å². The van der Waals surface area contributed by atoms with E-state index in [9.17, 15) is 0 Å². The normalized spacial score (nSPS) is 12.2. The van der Waals surface area contributed by atoms with Crippen molar-refractivity contribution in [3.8, 4) is 39.3 Å². The predicted octanol–water partition coefficient (Wildman–Crippen LogP) is 17.0. The molecule has 0 amide bonds. The molecule has 0 aliphatic heterocycles. The summed E-state index contributed by atoms with van der Waals surface area (Å²) in [7, 11) is 0. The molecular weight excluding hydrogens is 819 g/mol. The zero-order chi connectivity index (χ0) is 43.7. The summed E-state index contributed by atoms with van der Waals surface area (Å²) < 4.78 is 20.0. The average molecular weight is 856 g/mol. The standard InChI is InChI=1S/C62H37N3O2/c1-2-12-42(13-3-1)65-55-20-10-6-17-49(55)61-52-36-39(26-33-59(52)67-62(61)65)38-22-27-43(28-23-38)63-53-18-8-4-14-45(53)50-34-40(24-31-56(50)63)41-25-32-57-51(35-41)46-15-5-9-19-54(46)64(57)44-29-30-48-47-16-7-11-21-58(47)66-60(48)37-44/h1-37H. The fourth-order valence-corrected chi connectivity index (χ4v) is 11.0. The summed E-state index contributed by atoms with van der Waals surface area (Å²) in [6.07, 6.45) is 0. The smallest absolute Gasteiger partial charge is 0.213 e. The van der Waals surface area contributed by atoms with Gasteiger partial charge in [-0.15, -0.1) is 0 Å². The van der Waals surface area contributed by atoms with E-state index in [4.69, 9.17) is 8.83 Å². The highest BCUT2D eigenvalue weighted by Crippen LogP contribution is 2.42. The molecule has 10 aromatic carbocycles. The number of benzene rings is 10. The average Bonchev–Trinajstić information content (AvgIpc) is 4.19. The Morgan fingerprint density at radius 3 is 1.40 bits per heavy atom. The van der Waals surface area contributed by atoms with Crippen LogP contribution in [0, 0.1) is 0 Å². The molecule has 15 aromatic rings. The molecule has 0 aliphatic rings. The third kappa shape index (κ3) is 5.25. The number of fused-ring (bicyclic) bond motifs is 14. The second kappa shape index (κ2) is 13.7. The Morgan fingerprint density at radius 2 is 0.701 bits per heavy atom. The maximum Gasteiger partial charge on any atom is 0.213 e. The van der Waals surface area contributed by atoms with E-state index in [-0.39, 0.29) is 0 Å². The van der Waals surface area contributed by atoms with Gasteiger partial charge in [0.05, 0.1) is 33.0 Å². The minimum absolute atomic E-state index is 0.867. The number of para-hydroxylation sites is 5. The van der Waals surface area contributed by atoms with Gasteiger partial charge in [-0.1, -0.05) is 121 Å². The monoisotopic (exact) mass is 855 g/mol. The number of hydrogen-bond acceptors (Lipinski definition) is 2. The van der Waals surface area contributed by atoms with Crippen molar-refractivity contribution in [3.05, 3.63) is 224 Å². The molecule has 0 saturated heterocycles. The second-order valence-corrected chi connectivity index (χ2v) is 17.7. The van der Waals surface area contributed by atoms with Gasteiger partial charge in [-0.3, -0.25) is 4.57 Å². The van der Waals surface area contributed by atoms with Gasteiger partial charge in [0.25, 0.3) is 0 Å². The first kappa shape index (κ1) is 36.3. The maximum absolute atomic E-state index is 6.63. The quantitative estimate of drug-likeness (QED) is 0.173. The van der Waals surface area contributed by atoms with Crippen LogP contribution >= 0.6 is 0 Å². The molecule has 0 spiro atoms. The lowest BCUT2D eigenvalue weighted by molar-refractivity contribution is 0.645. The summed E-state index contributed by atoms with van der Waals surface area (Å²) >= 11 is 0. The number of rotatable bonds is 5. The Balaban J connectivity index is 0.814. The van der Waals surface area contributed by atoms with E-state index >= 15 is 0 Å². The van der Waals surface area contributed by atoms with Gasteiger partial charge in [0.15, 0.2) is 0 Å². The number of hydrogen-bond donors (Lipinski definition) is 0. The van der Waals surface area contributed by atoms with Crippen LogP contribution < -0.4 is 0 Å². The van der Waals surface area contributed by atoms with E-state index in [1.807, 2.05) is 12.1 Å². The SMILES string of the molecule is c1ccc(-n2c3ccccc3c3c4cc(-c5ccc(-n6c7ccccc7c7cc(-c8ccc9c(c8)c8ccccc8n9-c8ccc9c(c8)oc8ccccc89)ccc76)cc5)ccc4oc32)cc1. The van der Waals surface area contributed by atoms with Crippen molar-refractivity contribution >= 4 is 98.5 Å². The van der Waals surface area contributed by atoms with Crippen molar-refractivity contribution in [3.63, 3.8) is 0 Å². The van der Waals surface area contributed by atoms with Gasteiger partial charge < -0.3 is 18.0 Å². The largest absolute Gasteiger partial charge is 0.456 e. The van der Waals surface area contributed by atoms with Crippen molar-refractivity contribution < 1.29 is 8.83 Å². The summed E-state index contributed by atoms with van der Waals surface area (Å²) in [4.78, 5) is 0. The fourth-order valence-electron chi connectivity index (χ4n) is 11.0. The van der Waals surface area contributed by atoms with Gasteiger partial charge in [-0.25, -0.2) is 0 Å². The van der Waals surface area contributed by atoms with Crippen LogP contribution in [0.5, 0.6) is 0 Å². The zero-order valence-electron chi connectivity index (χ0n) is 36.0. The molecule has 5 heteroatoms. The molecule has 0 unspecified atom stereocenters. The molecule has 0 aliphatic carbocycles. The highest BCUT2D eigenvalue weighted by atomic mass is 16.3. The molecule has 312 valence electrons. The first-order valence-corrected chi connectivity index (χ1v) is 22.8. The Morgan fingerprint density at radius 1 is 0.239 bits per heavy atom. The van der Waals surface area contributed by atoms with Gasteiger partial charge in [0.1, 0.15) is 16.7 Å². The van der Waals surface area contributed by atoms with Gasteiger partial charge in [-0.2, -0.15) is 0 Å². The molecule has 0 N–H and O–H groups in total. The lowest BCUT2D eigenvalue weighted by Crippen LogP contribution is -1.94. The first-order chi connectivity index (χ1) is 33.2. The summed E-state index contributed by atoms with van der Waals surface area (Å²) in [5, 5.41) is 10.6. The first-order valence-electron chi connectivity index (χ1n) is 22.8. The third-order valence-corrected chi connectivity index (χ3v) is 14.1. The summed E-state index contributed by atoms with van der Waals surface area (Å²) in [6.45, 7) is 0. The molecule has 5 aromatic heterocycles. The third-order valence-electron chi connectivity index (χ3n) is 14.1. The zero-order valence-corrected chi connectivity index (χ0v) is 36.0. The molecule has 0 bridgehead atoms. The van der Waals surface area contributed by atoms with Crippen LogP contribution in [0.3, 0.4) is 0 Å². The molecule has 0 fully saturated rings. The lowest BCUT2D eigenvalue weighted by atomic mass is 10.0. The highest BCUT2D eigenvalue weighted by molar-refractivity contribution is 6.20. The Hall–Kier alpha value is -9.06. The minimum Gasteiger partial charge on any atom is -0.456 e. The second-order valence-electron chi connectivity index (χ2n) is 17.7. The van der Waals surface area contributed by atoms with Crippen molar-refractivity contribution in [2.75, 3.05) is 0 Å². The molecule has 15 rings (SSSR count). The van der Waals surface area contributed by atoms with Crippen LogP contribution in [0.2, 0.25) is 0 Å². The van der Waals surface area contributed by atoms with Crippen molar-refractivity contribution in [2.45, 2.75) is 0 Å². The van der Waals surface area contributed by atoms with Crippen LogP contribution in [-0.2, 0) is 0 Å². The summed E-state index contributed by atoms with van der Waals surface area (Å²) in [5.41, 5.74) is 17.3. The van der Waals surface area contributed by atoms with Gasteiger partial charge in [0.2, 0.25) is 5.71 Å². The van der Waals surface area contributed by atoms with Crippen LogP contribution in [0.1, 0.15) is 0 Å². The molecular formula is C62H37N3O2. The number of nitrogens with zero attached hydrogens (tertiary/aromatic N) is 3. The Labute approximate surface area is 383 Å². The van der Waals surface area contributed by atoms with Crippen molar-refractivity contribution in [1.82, 2.24) is 13.7 Å². The van der Waals surface area contributed by atoms with Crippen LogP contribution in [-0.4, -0.2) is 13.7 Å². The fraction of sp³-hybridized carbons (Fsp3) is 0. The molecule has 0 saturated carbocycles. The van der Waals surface area contributed by atoms with Crippen LogP contribution in [0.15, 0.2) is 233 Å². The number of aromatic nitrogens is 3. The minimum atomic E-state index is 0.867. The van der Waals surface area contributed by atoms with Gasteiger partial charge >= 0.3 is 0 Å². The van der Waals surface area contributed by atoms with Crippen molar-refractivity contribution in [1.29, 1.82) is 0 Å². The van der Waals surface area contributed by atoms with Crippen molar-refractivity contribution in [2.24, 2.45) is 0 Å². The number of furan rings is 2. The molecule has 5 heterocycles. The van der Waals surface area contributed by atoms with Crippen LogP contribution in [0.4, 0.5) is 0 Å². The summed E-state index contributed by atoms with van der Waals surface area (Å²) in [6, 6.07) is 80.8. The van der Waals surface area contributed by atoms with E-state index in [1.54, 1.807) is 0 Å². The molecule has 0 radical (unpaired) electrons. The lowest BCUT2D eigenvalue weighted by Gasteiger charge is -2.10. The highest BCUT2D eigenvalue weighted by Gasteiger charge is 2.21. The predicted molar refractivity (Wildman–Crippen MR) is 277 cm³/mol. The Bertz CT molecular complexity index is 4500. The summed E-state index contributed by atoms with van der Waals surface area (Å²) in [5.74, 6) is 0. The maximum atomic E-state index is 6.63. The topological polar surface area (TPSA) is 41.1 Å². The molecule has 5 nitrogen and oxygen atoms in total. The van der Waals surface area contributed by atoms with E-state index in [0.717, 1.165) is 83.2 Å². The van der Waals surface area contributed by atoms with Gasteiger partial charge in [-0.05, 0) is 119 Å². The molecule has 67 heavy (non-hydrogen) atoms. The van der Waals surface area contributed by atoms with E-state index < -0.39 is 0 Å². The molecule has 0 atom stereocenters. The Kier molecular flexibility index (Phi) is 7.44. The van der Waals surface area contributed by atoms with Gasteiger partial charge in [0, 0.05) is 66.2 Å². The van der Waals surface area contributed by atoms with E-state index in [1.165, 1.54) is 54.6 Å². The van der Waals surface area contributed by atoms with E-state index in [0.29, 0.717) is 0 Å².